The van der Waals surface area contributed by atoms with Gasteiger partial charge in [-0.3, -0.25) is 4.79 Å². The van der Waals surface area contributed by atoms with Crippen LogP contribution >= 0.6 is 11.3 Å². The molecule has 2 aromatic rings. The van der Waals surface area contributed by atoms with Gasteiger partial charge >= 0.3 is 0 Å². The number of carbonyl (C=O) groups is 1. The number of hydrogen-bond donors (Lipinski definition) is 1. The van der Waals surface area contributed by atoms with Gasteiger partial charge in [-0.2, -0.15) is 0 Å². The highest BCUT2D eigenvalue weighted by Gasteiger charge is 2.33. The highest BCUT2D eigenvalue weighted by Crippen LogP contribution is 2.31. The maximum atomic E-state index is 12.8. The van der Waals surface area contributed by atoms with Gasteiger partial charge in [0.05, 0.1) is 12.7 Å². The molecule has 24 heavy (non-hydrogen) atoms. The fourth-order valence-corrected chi connectivity index (χ4v) is 4.00. The number of benzene rings is 1. The normalized spacial score (nSPS) is 14.4. The van der Waals surface area contributed by atoms with Crippen molar-refractivity contribution >= 4 is 27.3 Å². The molecule has 0 saturated heterocycles. The number of carbonyl (C=O) groups excluding carboxylic acids is 1. The summed E-state index contributed by atoms with van der Waals surface area (Å²) in [5, 5.41) is 6.66. The standard InChI is InChI=1S/C16H18N2O4S2/c1-22-14-6-2-11(3-7-14)9-18(13-4-5-13)16(19)12-8-15(23-10-12)24(17,20)21/h2-3,6-8,10,13H,4-5,9H2,1H3,(H2,17,20,21). The van der Waals surface area contributed by atoms with Gasteiger partial charge in [0.15, 0.2) is 0 Å². The molecule has 1 heterocycles. The van der Waals surface area contributed by atoms with Gasteiger partial charge in [0.1, 0.15) is 9.96 Å². The van der Waals surface area contributed by atoms with Crippen LogP contribution in [0, 0.1) is 0 Å². The maximum Gasteiger partial charge on any atom is 0.255 e. The van der Waals surface area contributed by atoms with E-state index in [0.29, 0.717) is 12.1 Å². The largest absolute Gasteiger partial charge is 0.497 e. The Morgan fingerprint density at radius 3 is 2.50 bits per heavy atom. The Labute approximate surface area is 144 Å². The van der Waals surface area contributed by atoms with Crippen LogP contribution in [-0.2, 0) is 16.6 Å². The predicted octanol–water partition coefficient (Wildman–Crippen LogP) is 2.21. The Balaban J connectivity index is 1.80. The first kappa shape index (κ1) is 16.9. The van der Waals surface area contributed by atoms with Crippen LogP contribution in [0.25, 0.3) is 0 Å². The van der Waals surface area contributed by atoms with Gasteiger partial charge in [-0.15, -0.1) is 11.3 Å². The average molecular weight is 366 g/mol. The number of hydrogen-bond acceptors (Lipinski definition) is 5. The van der Waals surface area contributed by atoms with Gasteiger partial charge in [0.25, 0.3) is 5.91 Å². The van der Waals surface area contributed by atoms with Crippen LogP contribution < -0.4 is 9.88 Å². The van der Waals surface area contributed by atoms with E-state index in [0.717, 1.165) is 35.5 Å². The number of ether oxygens (including phenoxy) is 1. The molecule has 1 amide bonds. The molecule has 1 aromatic carbocycles. The van der Waals surface area contributed by atoms with Crippen LogP contribution in [0.3, 0.4) is 0 Å². The topological polar surface area (TPSA) is 89.7 Å². The Morgan fingerprint density at radius 1 is 1.33 bits per heavy atom. The van der Waals surface area contributed by atoms with E-state index in [1.54, 1.807) is 17.4 Å². The summed E-state index contributed by atoms with van der Waals surface area (Å²) in [7, 11) is -2.17. The molecule has 1 aliphatic rings. The molecular weight excluding hydrogens is 348 g/mol. The van der Waals surface area contributed by atoms with Gasteiger partial charge in [-0.25, -0.2) is 13.6 Å². The third-order valence-corrected chi connectivity index (χ3v) is 6.25. The van der Waals surface area contributed by atoms with Crippen LogP contribution in [0.1, 0.15) is 28.8 Å². The van der Waals surface area contributed by atoms with Crippen molar-refractivity contribution in [3.63, 3.8) is 0 Å². The second-order valence-electron chi connectivity index (χ2n) is 5.71. The van der Waals surface area contributed by atoms with E-state index in [1.165, 1.54) is 6.07 Å². The number of nitrogens with zero attached hydrogens (tertiary/aromatic N) is 1. The fraction of sp³-hybridized carbons (Fsp3) is 0.312. The molecule has 0 bridgehead atoms. The van der Waals surface area contributed by atoms with E-state index < -0.39 is 10.0 Å². The summed E-state index contributed by atoms with van der Waals surface area (Å²) in [4.78, 5) is 14.6. The molecular formula is C16H18N2O4S2. The number of primary sulfonamides is 1. The monoisotopic (exact) mass is 366 g/mol. The number of methoxy groups -OCH3 is 1. The van der Waals surface area contributed by atoms with Crippen molar-refractivity contribution in [2.75, 3.05) is 7.11 Å². The first-order valence-electron chi connectivity index (χ1n) is 7.43. The Kier molecular flexibility index (Phi) is 4.62. The number of rotatable bonds is 6. The van der Waals surface area contributed by atoms with Gasteiger partial charge in [0.2, 0.25) is 10.0 Å². The van der Waals surface area contributed by atoms with E-state index in [4.69, 9.17) is 9.88 Å². The summed E-state index contributed by atoms with van der Waals surface area (Å²) < 4.78 is 27.9. The average Bonchev–Trinajstić information content (AvgIpc) is 3.26. The molecule has 1 aromatic heterocycles. The molecule has 6 nitrogen and oxygen atoms in total. The summed E-state index contributed by atoms with van der Waals surface area (Å²) in [6, 6.07) is 9.11. The zero-order valence-electron chi connectivity index (χ0n) is 13.1. The van der Waals surface area contributed by atoms with Gasteiger partial charge in [0, 0.05) is 18.0 Å². The second kappa shape index (κ2) is 6.54. The summed E-state index contributed by atoms with van der Waals surface area (Å²) >= 11 is 0.969. The number of thiophene rings is 1. The van der Waals surface area contributed by atoms with E-state index in [-0.39, 0.29) is 16.2 Å². The van der Waals surface area contributed by atoms with Crippen molar-refractivity contribution in [3.8, 4) is 5.75 Å². The van der Waals surface area contributed by atoms with Gasteiger partial charge < -0.3 is 9.64 Å². The molecule has 1 aliphatic carbocycles. The Bertz CT molecular complexity index is 839. The summed E-state index contributed by atoms with van der Waals surface area (Å²) in [5.41, 5.74) is 1.36. The number of amides is 1. The number of nitrogens with two attached hydrogens (primary N) is 1. The molecule has 2 N–H and O–H groups in total. The second-order valence-corrected chi connectivity index (χ2v) is 8.41. The van der Waals surface area contributed by atoms with Crippen LogP contribution in [0.15, 0.2) is 39.9 Å². The molecule has 8 heteroatoms. The summed E-state index contributed by atoms with van der Waals surface area (Å²) in [6.45, 7) is 0.480. The van der Waals surface area contributed by atoms with Crippen molar-refractivity contribution in [2.45, 2.75) is 29.6 Å². The van der Waals surface area contributed by atoms with Crippen LogP contribution in [0.5, 0.6) is 5.75 Å². The lowest BCUT2D eigenvalue weighted by Crippen LogP contribution is -2.32. The van der Waals surface area contributed by atoms with Gasteiger partial charge in [-0.1, -0.05) is 12.1 Å². The highest BCUT2D eigenvalue weighted by molar-refractivity contribution is 7.91. The van der Waals surface area contributed by atoms with Crippen LogP contribution in [0.4, 0.5) is 0 Å². The SMILES string of the molecule is COc1ccc(CN(C(=O)c2csc(S(N)(=O)=O)c2)C2CC2)cc1. The molecule has 0 unspecified atom stereocenters. The van der Waals surface area contributed by atoms with E-state index in [1.807, 2.05) is 24.3 Å². The molecule has 3 rings (SSSR count). The minimum absolute atomic E-state index is 0.00560. The van der Waals surface area contributed by atoms with Crippen molar-refractivity contribution in [2.24, 2.45) is 5.14 Å². The molecule has 0 spiro atoms. The van der Waals surface area contributed by atoms with E-state index >= 15 is 0 Å². The Hall–Kier alpha value is -1.90. The lowest BCUT2D eigenvalue weighted by atomic mass is 10.2. The zero-order chi connectivity index (χ0) is 17.3. The predicted molar refractivity (Wildman–Crippen MR) is 91.6 cm³/mol. The first-order valence-corrected chi connectivity index (χ1v) is 9.86. The Morgan fingerprint density at radius 2 is 2.00 bits per heavy atom. The zero-order valence-corrected chi connectivity index (χ0v) is 14.8. The molecule has 0 radical (unpaired) electrons. The van der Waals surface area contributed by atoms with Crippen molar-refractivity contribution < 1.29 is 17.9 Å². The lowest BCUT2D eigenvalue weighted by Gasteiger charge is -2.22. The summed E-state index contributed by atoms with van der Waals surface area (Å²) in [6.07, 6.45) is 1.93. The minimum Gasteiger partial charge on any atom is -0.497 e. The fourth-order valence-electron chi connectivity index (χ4n) is 2.42. The van der Waals surface area contributed by atoms with E-state index in [2.05, 4.69) is 0 Å². The van der Waals surface area contributed by atoms with Crippen molar-refractivity contribution in [1.29, 1.82) is 0 Å². The molecule has 0 aliphatic heterocycles. The lowest BCUT2D eigenvalue weighted by molar-refractivity contribution is 0.0730. The van der Waals surface area contributed by atoms with Crippen molar-refractivity contribution in [3.05, 3.63) is 46.8 Å². The minimum atomic E-state index is -3.78. The molecule has 1 saturated carbocycles. The molecule has 1 fully saturated rings. The van der Waals surface area contributed by atoms with Crippen LogP contribution in [0.2, 0.25) is 0 Å². The smallest absolute Gasteiger partial charge is 0.255 e. The first-order chi connectivity index (χ1) is 11.4. The molecule has 128 valence electrons. The van der Waals surface area contributed by atoms with E-state index in [9.17, 15) is 13.2 Å². The van der Waals surface area contributed by atoms with Gasteiger partial charge in [-0.05, 0) is 36.6 Å². The molecule has 0 atom stereocenters. The van der Waals surface area contributed by atoms with Crippen LogP contribution in [-0.4, -0.2) is 32.4 Å². The number of sulfonamides is 1. The van der Waals surface area contributed by atoms with Crippen molar-refractivity contribution in [1.82, 2.24) is 4.90 Å². The summed E-state index contributed by atoms with van der Waals surface area (Å²) in [5.74, 6) is 0.596. The third-order valence-electron chi connectivity index (χ3n) is 3.86. The highest BCUT2D eigenvalue weighted by atomic mass is 32.2. The quantitative estimate of drug-likeness (QED) is 0.849. The third kappa shape index (κ3) is 3.77. The maximum absolute atomic E-state index is 12.8.